The SMILES string of the molecule is CC.CCSC(=NC)Nc1ncc(C(F)(F)F)cc1C(=O)OC. The van der Waals surface area contributed by atoms with Gasteiger partial charge in [-0.1, -0.05) is 32.5 Å². The molecule has 0 atom stereocenters. The molecule has 0 saturated carbocycles. The molecule has 0 radical (unpaired) electrons. The topological polar surface area (TPSA) is 63.6 Å². The van der Waals surface area contributed by atoms with Crippen LogP contribution in [0.15, 0.2) is 17.3 Å². The summed E-state index contributed by atoms with van der Waals surface area (Å²) < 4.78 is 42.5. The molecule has 9 heteroatoms. The molecule has 0 aliphatic heterocycles. The zero-order chi connectivity index (χ0) is 18.0. The first-order chi connectivity index (χ1) is 10.8. The number of aliphatic imine (C=N–C) groups is 1. The standard InChI is InChI=1S/C12H14F3N3O2S.C2H6/c1-4-21-11(16-2)18-9-8(10(19)20-3)5-7(6-17-9)12(13,14)15;1-2/h5-6H,4H2,1-3H3,(H,16,17,18);1-2H3. The van der Waals surface area contributed by atoms with Gasteiger partial charge in [0.1, 0.15) is 11.4 Å². The largest absolute Gasteiger partial charge is 0.465 e. The number of pyridine rings is 1. The Morgan fingerprint density at radius 1 is 1.43 bits per heavy atom. The predicted octanol–water partition coefficient (Wildman–Crippen LogP) is 4.06. The summed E-state index contributed by atoms with van der Waals surface area (Å²) >= 11 is 1.33. The maximum absolute atomic E-state index is 12.7. The van der Waals surface area contributed by atoms with Gasteiger partial charge in [-0.15, -0.1) is 0 Å². The molecule has 0 saturated heterocycles. The summed E-state index contributed by atoms with van der Waals surface area (Å²) in [5.74, 6) is -0.238. The highest BCUT2D eigenvalue weighted by molar-refractivity contribution is 8.14. The first kappa shape index (κ1) is 21.2. The predicted molar refractivity (Wildman–Crippen MR) is 87.0 cm³/mol. The van der Waals surface area contributed by atoms with Crippen molar-refractivity contribution in [3.05, 3.63) is 23.4 Å². The molecule has 23 heavy (non-hydrogen) atoms. The first-order valence-corrected chi connectivity index (χ1v) is 7.84. The Morgan fingerprint density at radius 3 is 2.48 bits per heavy atom. The van der Waals surface area contributed by atoms with Crippen LogP contribution in [0, 0.1) is 0 Å². The average molecular weight is 351 g/mol. The number of halogens is 3. The van der Waals surface area contributed by atoms with Gasteiger partial charge >= 0.3 is 12.1 Å². The van der Waals surface area contributed by atoms with Crippen LogP contribution in [-0.4, -0.2) is 36.0 Å². The van der Waals surface area contributed by atoms with E-state index in [0.717, 1.165) is 7.11 Å². The van der Waals surface area contributed by atoms with Crippen molar-refractivity contribution in [2.75, 3.05) is 25.2 Å². The maximum atomic E-state index is 12.7. The van der Waals surface area contributed by atoms with Crippen molar-refractivity contribution >= 4 is 28.7 Å². The van der Waals surface area contributed by atoms with Crippen LogP contribution in [0.2, 0.25) is 0 Å². The van der Waals surface area contributed by atoms with E-state index in [2.05, 4.69) is 20.0 Å². The normalized spacial score (nSPS) is 11.4. The van der Waals surface area contributed by atoms with Crippen molar-refractivity contribution < 1.29 is 22.7 Å². The number of carbonyl (C=O) groups excluding carboxylic acids is 1. The number of rotatable bonds is 3. The first-order valence-electron chi connectivity index (χ1n) is 6.85. The summed E-state index contributed by atoms with van der Waals surface area (Å²) in [6.45, 7) is 5.89. The van der Waals surface area contributed by atoms with Gasteiger partial charge in [0, 0.05) is 13.2 Å². The van der Waals surface area contributed by atoms with E-state index in [-0.39, 0.29) is 11.4 Å². The Morgan fingerprint density at radius 2 is 2.04 bits per heavy atom. The molecule has 1 aromatic heterocycles. The Balaban J connectivity index is 0.00000232. The number of nitrogens with zero attached hydrogens (tertiary/aromatic N) is 2. The fourth-order valence-electron chi connectivity index (χ4n) is 1.38. The molecule has 0 aromatic carbocycles. The molecule has 1 rings (SSSR count). The molecule has 1 aromatic rings. The van der Waals surface area contributed by atoms with E-state index in [1.807, 2.05) is 20.8 Å². The highest BCUT2D eigenvalue weighted by Gasteiger charge is 2.32. The van der Waals surface area contributed by atoms with E-state index < -0.39 is 17.7 Å². The lowest BCUT2D eigenvalue weighted by molar-refractivity contribution is -0.137. The lowest BCUT2D eigenvalue weighted by atomic mass is 10.2. The van der Waals surface area contributed by atoms with E-state index in [0.29, 0.717) is 23.2 Å². The van der Waals surface area contributed by atoms with Gasteiger partial charge in [0.15, 0.2) is 5.17 Å². The highest BCUT2D eigenvalue weighted by Crippen LogP contribution is 2.31. The van der Waals surface area contributed by atoms with E-state index in [4.69, 9.17) is 0 Å². The van der Waals surface area contributed by atoms with Crippen LogP contribution in [0.1, 0.15) is 36.7 Å². The second-order valence-corrected chi connectivity index (χ2v) is 4.95. The Labute approximate surface area is 137 Å². The summed E-state index contributed by atoms with van der Waals surface area (Å²) in [6.07, 6.45) is -3.94. The van der Waals surface area contributed by atoms with Gasteiger partial charge in [-0.05, 0) is 11.8 Å². The maximum Gasteiger partial charge on any atom is 0.417 e. The summed E-state index contributed by atoms with van der Waals surface area (Å²) in [4.78, 5) is 19.2. The number of aromatic nitrogens is 1. The van der Waals surface area contributed by atoms with Crippen LogP contribution in [-0.2, 0) is 10.9 Å². The van der Waals surface area contributed by atoms with E-state index in [9.17, 15) is 18.0 Å². The van der Waals surface area contributed by atoms with Crippen molar-refractivity contribution in [1.82, 2.24) is 4.98 Å². The number of ether oxygens (including phenoxy) is 1. The van der Waals surface area contributed by atoms with E-state index >= 15 is 0 Å². The van der Waals surface area contributed by atoms with E-state index in [1.165, 1.54) is 18.8 Å². The third kappa shape index (κ3) is 6.47. The second-order valence-electron chi connectivity index (χ2n) is 3.70. The molecule has 0 fully saturated rings. The van der Waals surface area contributed by atoms with Gasteiger partial charge in [0.05, 0.1) is 12.7 Å². The summed E-state index contributed by atoms with van der Waals surface area (Å²) in [5, 5.41) is 3.17. The number of hydrogen-bond acceptors (Lipinski definition) is 5. The molecule has 0 unspecified atom stereocenters. The Bertz CT molecular complexity index is 549. The lowest BCUT2D eigenvalue weighted by Crippen LogP contribution is -2.16. The van der Waals surface area contributed by atoms with Gasteiger partial charge in [-0.3, -0.25) is 4.99 Å². The van der Waals surface area contributed by atoms with Gasteiger partial charge in [0.25, 0.3) is 0 Å². The number of methoxy groups -OCH3 is 1. The number of hydrogen-bond donors (Lipinski definition) is 1. The second kappa shape index (κ2) is 10.1. The number of alkyl halides is 3. The van der Waals surface area contributed by atoms with Crippen molar-refractivity contribution in [2.24, 2.45) is 4.99 Å². The number of anilines is 1. The molecule has 0 bridgehead atoms. The third-order valence-corrected chi connectivity index (χ3v) is 3.18. The van der Waals surface area contributed by atoms with Crippen LogP contribution in [0.5, 0.6) is 0 Å². The van der Waals surface area contributed by atoms with Crippen LogP contribution in [0.25, 0.3) is 0 Å². The molecule has 5 nitrogen and oxygen atoms in total. The minimum atomic E-state index is -4.59. The fraction of sp³-hybridized carbons (Fsp3) is 0.500. The van der Waals surface area contributed by atoms with Crippen LogP contribution < -0.4 is 5.32 Å². The average Bonchev–Trinajstić information content (AvgIpc) is 2.54. The van der Waals surface area contributed by atoms with Crippen LogP contribution in [0.3, 0.4) is 0 Å². The minimum absolute atomic E-state index is 0.0311. The number of amidine groups is 1. The smallest absolute Gasteiger partial charge is 0.417 e. The molecule has 130 valence electrons. The Hall–Kier alpha value is -1.77. The van der Waals surface area contributed by atoms with Gasteiger partial charge < -0.3 is 10.1 Å². The number of thioether (sulfide) groups is 1. The summed E-state index contributed by atoms with van der Waals surface area (Å²) in [5.41, 5.74) is -1.32. The molecule has 0 amide bonds. The monoisotopic (exact) mass is 351 g/mol. The van der Waals surface area contributed by atoms with Crippen molar-refractivity contribution in [1.29, 1.82) is 0 Å². The van der Waals surface area contributed by atoms with Crippen molar-refractivity contribution in [3.63, 3.8) is 0 Å². The molecule has 0 aliphatic rings. The van der Waals surface area contributed by atoms with E-state index in [1.54, 1.807) is 0 Å². The number of esters is 1. The molecule has 0 aliphatic carbocycles. The quantitative estimate of drug-likeness (QED) is 0.505. The molecule has 1 heterocycles. The molecular formula is C14H20F3N3O2S. The van der Waals surface area contributed by atoms with Gasteiger partial charge in [-0.2, -0.15) is 13.2 Å². The third-order valence-electron chi connectivity index (χ3n) is 2.33. The minimum Gasteiger partial charge on any atom is -0.465 e. The number of nitrogens with one attached hydrogen (secondary N) is 1. The Kier molecular flexibility index (Phi) is 9.31. The van der Waals surface area contributed by atoms with Gasteiger partial charge in [-0.25, -0.2) is 9.78 Å². The molecular weight excluding hydrogens is 331 g/mol. The van der Waals surface area contributed by atoms with Crippen LogP contribution in [0.4, 0.5) is 19.0 Å². The van der Waals surface area contributed by atoms with Crippen LogP contribution >= 0.6 is 11.8 Å². The summed E-state index contributed by atoms with van der Waals surface area (Å²) in [7, 11) is 2.61. The zero-order valence-electron chi connectivity index (χ0n) is 13.6. The highest BCUT2D eigenvalue weighted by atomic mass is 32.2. The van der Waals surface area contributed by atoms with Crippen molar-refractivity contribution in [3.8, 4) is 0 Å². The number of carbonyl (C=O) groups is 1. The molecule has 0 spiro atoms. The molecule has 1 N–H and O–H groups in total. The summed E-state index contributed by atoms with van der Waals surface area (Å²) in [6, 6.07) is 0.699. The zero-order valence-corrected chi connectivity index (χ0v) is 14.4. The lowest BCUT2D eigenvalue weighted by Gasteiger charge is -2.13. The fourth-order valence-corrected chi connectivity index (χ4v) is 1.95. The van der Waals surface area contributed by atoms with Gasteiger partial charge in [0.2, 0.25) is 0 Å². The van der Waals surface area contributed by atoms with Crippen molar-refractivity contribution in [2.45, 2.75) is 26.9 Å².